The van der Waals surface area contributed by atoms with Crippen molar-refractivity contribution >= 4 is 5.91 Å². The lowest BCUT2D eigenvalue weighted by molar-refractivity contribution is 0.0652. The Bertz CT molecular complexity index is 592. The van der Waals surface area contributed by atoms with Crippen LogP contribution in [0.15, 0.2) is 40.9 Å². The van der Waals surface area contributed by atoms with Gasteiger partial charge in [-0.1, -0.05) is 25.1 Å². The van der Waals surface area contributed by atoms with E-state index >= 15 is 0 Å². The van der Waals surface area contributed by atoms with Crippen LogP contribution in [0.2, 0.25) is 0 Å². The molecule has 20 heavy (non-hydrogen) atoms. The van der Waals surface area contributed by atoms with E-state index in [0.717, 1.165) is 25.1 Å². The molecule has 0 saturated carbocycles. The van der Waals surface area contributed by atoms with Crippen molar-refractivity contribution < 1.29 is 9.21 Å². The molecule has 0 aliphatic carbocycles. The first-order valence-corrected chi connectivity index (χ1v) is 7.04. The first kappa shape index (κ1) is 12.9. The van der Waals surface area contributed by atoms with E-state index in [1.807, 2.05) is 35.2 Å². The van der Waals surface area contributed by atoms with Crippen LogP contribution in [0.5, 0.6) is 0 Å². The molecule has 1 aromatic heterocycles. The van der Waals surface area contributed by atoms with Gasteiger partial charge < -0.3 is 9.32 Å². The number of carbonyl (C=O) groups is 1. The lowest BCUT2D eigenvalue weighted by Gasteiger charge is -2.30. The van der Waals surface area contributed by atoms with Crippen molar-refractivity contribution in [2.45, 2.75) is 19.8 Å². The Morgan fingerprint density at radius 2 is 2.15 bits per heavy atom. The summed E-state index contributed by atoms with van der Waals surface area (Å²) in [5.74, 6) is 1.34. The number of likely N-dealkylation sites (tertiary alicyclic amines) is 1. The molecule has 1 aromatic carbocycles. The first-order valence-electron chi connectivity index (χ1n) is 7.04. The van der Waals surface area contributed by atoms with Crippen molar-refractivity contribution in [2.24, 2.45) is 5.92 Å². The molecule has 1 saturated heterocycles. The Hall–Kier alpha value is -2.10. The van der Waals surface area contributed by atoms with Crippen LogP contribution in [-0.2, 0) is 0 Å². The molecule has 2 aromatic rings. The van der Waals surface area contributed by atoms with Gasteiger partial charge in [0.05, 0.1) is 6.20 Å². The van der Waals surface area contributed by atoms with Gasteiger partial charge in [-0.2, -0.15) is 0 Å². The third-order valence-corrected chi connectivity index (χ3v) is 3.68. The molecule has 0 spiro atoms. The summed E-state index contributed by atoms with van der Waals surface area (Å²) in [7, 11) is 0. The minimum Gasteiger partial charge on any atom is -0.431 e. The number of aromatic nitrogens is 1. The predicted octanol–water partition coefficient (Wildman–Crippen LogP) is 3.21. The average Bonchev–Trinajstić information content (AvgIpc) is 2.97. The molecule has 0 bridgehead atoms. The summed E-state index contributed by atoms with van der Waals surface area (Å²) in [5.41, 5.74) is 0.888. The number of rotatable bonds is 2. The van der Waals surface area contributed by atoms with Crippen molar-refractivity contribution in [1.82, 2.24) is 9.88 Å². The Morgan fingerprint density at radius 1 is 1.35 bits per heavy atom. The number of hydrogen-bond donors (Lipinski definition) is 0. The lowest BCUT2D eigenvalue weighted by atomic mass is 10.0. The maximum atomic E-state index is 12.4. The molecule has 4 heteroatoms. The van der Waals surface area contributed by atoms with E-state index in [0.29, 0.717) is 17.6 Å². The van der Waals surface area contributed by atoms with Gasteiger partial charge in [0, 0.05) is 18.7 Å². The van der Waals surface area contributed by atoms with E-state index in [-0.39, 0.29) is 5.91 Å². The largest absolute Gasteiger partial charge is 0.431 e. The molecule has 1 unspecified atom stereocenters. The second kappa shape index (κ2) is 5.49. The van der Waals surface area contributed by atoms with Gasteiger partial charge in [-0.15, -0.1) is 0 Å². The quantitative estimate of drug-likeness (QED) is 0.841. The van der Waals surface area contributed by atoms with Crippen LogP contribution in [0.3, 0.4) is 0 Å². The fourth-order valence-electron chi connectivity index (χ4n) is 2.62. The molecular weight excluding hydrogens is 252 g/mol. The van der Waals surface area contributed by atoms with Gasteiger partial charge in [0.25, 0.3) is 5.91 Å². The Balaban J connectivity index is 1.78. The van der Waals surface area contributed by atoms with Gasteiger partial charge in [-0.05, 0) is 30.9 Å². The van der Waals surface area contributed by atoms with E-state index < -0.39 is 0 Å². The molecule has 104 valence electrons. The topological polar surface area (TPSA) is 46.3 Å². The first-order chi connectivity index (χ1) is 9.74. The zero-order chi connectivity index (χ0) is 13.9. The van der Waals surface area contributed by atoms with Gasteiger partial charge >= 0.3 is 0 Å². The van der Waals surface area contributed by atoms with E-state index in [9.17, 15) is 4.79 Å². The molecule has 0 radical (unpaired) electrons. The van der Waals surface area contributed by atoms with Crippen LogP contribution >= 0.6 is 0 Å². The third kappa shape index (κ3) is 2.59. The minimum absolute atomic E-state index is 0.0498. The van der Waals surface area contributed by atoms with Crippen LogP contribution < -0.4 is 0 Å². The smallest absolute Gasteiger partial charge is 0.291 e. The second-order valence-corrected chi connectivity index (χ2v) is 5.39. The number of oxazole rings is 1. The minimum atomic E-state index is -0.0498. The summed E-state index contributed by atoms with van der Waals surface area (Å²) < 4.78 is 5.62. The molecule has 1 amide bonds. The van der Waals surface area contributed by atoms with Crippen molar-refractivity contribution in [3.05, 3.63) is 42.3 Å². The number of benzene rings is 1. The van der Waals surface area contributed by atoms with Crippen molar-refractivity contribution in [2.75, 3.05) is 13.1 Å². The SMILES string of the molecule is CC1CCCN(C(=O)c2cnc(-c3ccccc3)o2)C1. The highest BCUT2D eigenvalue weighted by Gasteiger charge is 2.24. The monoisotopic (exact) mass is 270 g/mol. The Morgan fingerprint density at radius 3 is 2.90 bits per heavy atom. The zero-order valence-corrected chi connectivity index (χ0v) is 11.6. The predicted molar refractivity (Wildman–Crippen MR) is 76.2 cm³/mol. The summed E-state index contributed by atoms with van der Waals surface area (Å²) in [4.78, 5) is 18.5. The number of carbonyl (C=O) groups excluding carboxylic acids is 1. The highest BCUT2D eigenvalue weighted by Crippen LogP contribution is 2.22. The highest BCUT2D eigenvalue weighted by atomic mass is 16.4. The average molecular weight is 270 g/mol. The fourth-order valence-corrected chi connectivity index (χ4v) is 2.62. The highest BCUT2D eigenvalue weighted by molar-refractivity contribution is 5.91. The summed E-state index contributed by atoms with van der Waals surface area (Å²) in [5, 5.41) is 0. The van der Waals surface area contributed by atoms with Gasteiger partial charge in [-0.3, -0.25) is 4.79 Å². The Labute approximate surface area is 118 Å². The van der Waals surface area contributed by atoms with Gasteiger partial charge in [0.1, 0.15) is 0 Å². The normalized spacial score (nSPS) is 19.1. The maximum Gasteiger partial charge on any atom is 0.291 e. The van der Waals surface area contributed by atoms with Crippen molar-refractivity contribution in [1.29, 1.82) is 0 Å². The molecule has 1 aliphatic heterocycles. The molecule has 1 aliphatic rings. The third-order valence-electron chi connectivity index (χ3n) is 3.68. The van der Waals surface area contributed by atoms with Gasteiger partial charge in [-0.25, -0.2) is 4.98 Å². The van der Waals surface area contributed by atoms with E-state index in [2.05, 4.69) is 11.9 Å². The molecule has 0 N–H and O–H groups in total. The molecule has 3 rings (SSSR count). The molecule has 4 nitrogen and oxygen atoms in total. The van der Waals surface area contributed by atoms with Gasteiger partial charge in [0.15, 0.2) is 0 Å². The summed E-state index contributed by atoms with van der Waals surface area (Å²) in [6, 6.07) is 9.63. The van der Waals surface area contributed by atoms with Crippen LogP contribution in [0.25, 0.3) is 11.5 Å². The molecule has 1 fully saturated rings. The molecule has 2 heterocycles. The Kier molecular flexibility index (Phi) is 3.54. The van der Waals surface area contributed by atoms with Crippen LogP contribution in [0.1, 0.15) is 30.3 Å². The van der Waals surface area contributed by atoms with Crippen molar-refractivity contribution in [3.63, 3.8) is 0 Å². The fraction of sp³-hybridized carbons (Fsp3) is 0.375. The number of hydrogen-bond acceptors (Lipinski definition) is 3. The number of piperidine rings is 1. The number of amides is 1. The lowest BCUT2D eigenvalue weighted by Crippen LogP contribution is -2.38. The molecular formula is C16H18N2O2. The van der Waals surface area contributed by atoms with E-state index in [1.165, 1.54) is 12.6 Å². The second-order valence-electron chi connectivity index (χ2n) is 5.39. The summed E-state index contributed by atoms with van der Waals surface area (Å²) in [6.07, 6.45) is 3.78. The number of nitrogens with zero attached hydrogens (tertiary/aromatic N) is 2. The maximum absolute atomic E-state index is 12.4. The summed E-state index contributed by atoms with van der Waals surface area (Å²) in [6.45, 7) is 3.79. The van der Waals surface area contributed by atoms with Gasteiger partial charge in [0.2, 0.25) is 11.7 Å². The standard InChI is InChI=1S/C16H18N2O2/c1-12-6-5-9-18(11-12)16(19)14-10-17-15(20-14)13-7-3-2-4-8-13/h2-4,7-8,10,12H,5-6,9,11H2,1H3. The van der Waals surface area contributed by atoms with E-state index in [1.54, 1.807) is 0 Å². The molecule has 1 atom stereocenters. The van der Waals surface area contributed by atoms with Crippen LogP contribution in [0, 0.1) is 5.92 Å². The summed E-state index contributed by atoms with van der Waals surface area (Å²) >= 11 is 0. The van der Waals surface area contributed by atoms with Crippen LogP contribution in [0.4, 0.5) is 0 Å². The van der Waals surface area contributed by atoms with Crippen LogP contribution in [-0.4, -0.2) is 28.9 Å². The van der Waals surface area contributed by atoms with E-state index in [4.69, 9.17) is 4.42 Å². The zero-order valence-electron chi connectivity index (χ0n) is 11.6. The van der Waals surface area contributed by atoms with Crippen molar-refractivity contribution in [3.8, 4) is 11.5 Å².